The third kappa shape index (κ3) is 3.11. The van der Waals surface area contributed by atoms with Gasteiger partial charge in [0.05, 0.1) is 5.69 Å². The van der Waals surface area contributed by atoms with Crippen molar-refractivity contribution in [3.05, 3.63) is 65.7 Å². The Morgan fingerprint density at radius 2 is 1.56 bits per heavy atom. The number of nitrogens with zero attached hydrogens (tertiary/aromatic N) is 1. The Bertz CT molecular complexity index is 476. The molecule has 0 aromatic heterocycles. The summed E-state index contributed by atoms with van der Waals surface area (Å²) in [5.74, 6) is 0. The average molecular weight is 240 g/mol. The van der Waals surface area contributed by atoms with Crippen LogP contribution in [0.4, 0.5) is 5.69 Å². The third-order valence-electron chi connectivity index (χ3n) is 3.11. The molecule has 1 unspecified atom stereocenters. The summed E-state index contributed by atoms with van der Waals surface area (Å²) in [6, 6.07) is 19.2. The van der Waals surface area contributed by atoms with Crippen LogP contribution >= 0.6 is 0 Å². The van der Waals surface area contributed by atoms with Gasteiger partial charge in [-0.05, 0) is 31.5 Å². The molecule has 0 spiro atoms. The maximum atomic E-state index is 3.47. The molecule has 0 bridgehead atoms. The van der Waals surface area contributed by atoms with Crippen LogP contribution in [-0.2, 0) is 0 Å². The van der Waals surface area contributed by atoms with Gasteiger partial charge in [0.25, 0.3) is 0 Å². The van der Waals surface area contributed by atoms with Crippen molar-refractivity contribution in [1.82, 2.24) is 5.43 Å². The topological polar surface area (TPSA) is 15.3 Å². The lowest BCUT2D eigenvalue weighted by Crippen LogP contribution is -2.36. The van der Waals surface area contributed by atoms with Gasteiger partial charge in [0.15, 0.2) is 0 Å². The molecular formula is C16H20N2. The first-order valence-corrected chi connectivity index (χ1v) is 6.28. The zero-order valence-corrected chi connectivity index (χ0v) is 11.2. The monoisotopic (exact) mass is 240 g/mol. The van der Waals surface area contributed by atoms with Crippen molar-refractivity contribution in [3.8, 4) is 0 Å². The zero-order valence-electron chi connectivity index (χ0n) is 11.2. The van der Waals surface area contributed by atoms with Crippen molar-refractivity contribution in [2.45, 2.75) is 19.9 Å². The van der Waals surface area contributed by atoms with E-state index in [1.165, 1.54) is 11.1 Å². The summed E-state index contributed by atoms with van der Waals surface area (Å²) in [6.45, 7) is 4.28. The number of anilines is 1. The second kappa shape index (κ2) is 5.69. The molecule has 1 atom stereocenters. The molecule has 2 aromatic carbocycles. The van der Waals surface area contributed by atoms with Gasteiger partial charge in [0.2, 0.25) is 0 Å². The van der Waals surface area contributed by atoms with E-state index < -0.39 is 0 Å². The Hall–Kier alpha value is -1.80. The molecule has 2 rings (SSSR count). The molecule has 2 heteroatoms. The molecule has 0 aliphatic rings. The van der Waals surface area contributed by atoms with Gasteiger partial charge >= 0.3 is 0 Å². The van der Waals surface area contributed by atoms with Gasteiger partial charge in [-0.1, -0.05) is 48.0 Å². The lowest BCUT2D eigenvalue weighted by Gasteiger charge is -2.25. The maximum Gasteiger partial charge on any atom is 0.0516 e. The maximum absolute atomic E-state index is 3.47. The first-order chi connectivity index (χ1) is 8.66. The van der Waals surface area contributed by atoms with E-state index in [0.717, 1.165) is 5.69 Å². The smallest absolute Gasteiger partial charge is 0.0516 e. The van der Waals surface area contributed by atoms with Gasteiger partial charge < -0.3 is 5.01 Å². The number of benzene rings is 2. The van der Waals surface area contributed by atoms with Crippen LogP contribution in [0.2, 0.25) is 0 Å². The summed E-state index contributed by atoms with van der Waals surface area (Å²) in [5, 5.41) is 2.06. The molecule has 18 heavy (non-hydrogen) atoms. The van der Waals surface area contributed by atoms with Crippen molar-refractivity contribution >= 4 is 5.69 Å². The number of hydrazine groups is 1. The fourth-order valence-corrected chi connectivity index (χ4v) is 1.95. The van der Waals surface area contributed by atoms with E-state index in [1.807, 2.05) is 25.2 Å². The van der Waals surface area contributed by atoms with Crippen molar-refractivity contribution in [1.29, 1.82) is 0 Å². The molecule has 0 aliphatic carbocycles. The van der Waals surface area contributed by atoms with Crippen molar-refractivity contribution < 1.29 is 0 Å². The quantitative estimate of drug-likeness (QED) is 0.820. The summed E-state index contributed by atoms with van der Waals surface area (Å²) in [4.78, 5) is 0. The molecule has 2 aromatic rings. The molecule has 0 heterocycles. The molecular weight excluding hydrogens is 220 g/mol. The van der Waals surface area contributed by atoms with Gasteiger partial charge in [-0.25, -0.2) is 5.43 Å². The molecule has 0 aliphatic heterocycles. The van der Waals surface area contributed by atoms with Gasteiger partial charge in [-0.15, -0.1) is 0 Å². The van der Waals surface area contributed by atoms with Crippen molar-refractivity contribution in [2.24, 2.45) is 0 Å². The minimum atomic E-state index is 0.288. The molecule has 0 amide bonds. The van der Waals surface area contributed by atoms with Crippen LogP contribution in [0.3, 0.4) is 0 Å². The van der Waals surface area contributed by atoms with Gasteiger partial charge in [0.1, 0.15) is 0 Å². The number of hydrogen-bond acceptors (Lipinski definition) is 2. The molecule has 0 saturated carbocycles. The summed E-state index contributed by atoms with van der Waals surface area (Å²) >= 11 is 0. The fourth-order valence-electron chi connectivity index (χ4n) is 1.95. The second-order valence-corrected chi connectivity index (χ2v) is 4.66. The predicted molar refractivity (Wildman–Crippen MR) is 77.6 cm³/mol. The standard InChI is InChI=1S/C16H20N2/c1-13-9-11-15(12-10-13)14(2)17-18(3)16-7-5-4-6-8-16/h4-12,14,17H,1-3H3. The Morgan fingerprint density at radius 1 is 0.944 bits per heavy atom. The molecule has 1 N–H and O–H groups in total. The molecule has 94 valence electrons. The summed E-state index contributed by atoms with van der Waals surface area (Å²) in [5.41, 5.74) is 7.22. The Balaban J connectivity index is 2.03. The van der Waals surface area contributed by atoms with Crippen LogP contribution in [0.5, 0.6) is 0 Å². The van der Waals surface area contributed by atoms with E-state index in [-0.39, 0.29) is 6.04 Å². The number of hydrogen-bond donors (Lipinski definition) is 1. The Labute approximate surface area is 109 Å². The van der Waals surface area contributed by atoms with Gasteiger partial charge in [0, 0.05) is 13.1 Å². The SMILES string of the molecule is Cc1ccc(C(C)NN(C)c2ccccc2)cc1. The van der Waals surface area contributed by atoms with Gasteiger partial charge in [-0.3, -0.25) is 0 Å². The van der Waals surface area contributed by atoms with Crippen molar-refractivity contribution in [2.75, 3.05) is 12.1 Å². The normalized spacial score (nSPS) is 12.2. The summed E-state index contributed by atoms with van der Waals surface area (Å²) in [7, 11) is 2.04. The van der Waals surface area contributed by atoms with E-state index in [0.29, 0.717) is 0 Å². The lowest BCUT2D eigenvalue weighted by molar-refractivity contribution is 0.567. The number of nitrogens with one attached hydrogen (secondary N) is 1. The first-order valence-electron chi connectivity index (χ1n) is 6.28. The van der Waals surface area contributed by atoms with Crippen molar-refractivity contribution in [3.63, 3.8) is 0 Å². The van der Waals surface area contributed by atoms with Crippen LogP contribution in [0.15, 0.2) is 54.6 Å². The summed E-state index contributed by atoms with van der Waals surface area (Å²) < 4.78 is 0. The summed E-state index contributed by atoms with van der Waals surface area (Å²) in [6.07, 6.45) is 0. The molecule has 0 radical (unpaired) electrons. The third-order valence-corrected chi connectivity index (χ3v) is 3.11. The van der Waals surface area contributed by atoms with E-state index in [4.69, 9.17) is 0 Å². The highest BCUT2D eigenvalue weighted by Crippen LogP contribution is 2.16. The molecule has 2 nitrogen and oxygen atoms in total. The minimum Gasteiger partial charge on any atom is -0.311 e. The largest absolute Gasteiger partial charge is 0.311 e. The minimum absolute atomic E-state index is 0.288. The predicted octanol–water partition coefficient (Wildman–Crippen LogP) is 3.70. The number of para-hydroxylation sites is 1. The molecule has 0 fully saturated rings. The Morgan fingerprint density at radius 3 is 2.17 bits per heavy atom. The van der Waals surface area contributed by atoms with Crippen LogP contribution in [0.1, 0.15) is 24.1 Å². The lowest BCUT2D eigenvalue weighted by atomic mass is 10.1. The highest BCUT2D eigenvalue weighted by atomic mass is 15.5. The number of rotatable bonds is 4. The number of aryl methyl sites for hydroxylation is 1. The van der Waals surface area contributed by atoms with E-state index in [1.54, 1.807) is 0 Å². The zero-order chi connectivity index (χ0) is 13.0. The highest BCUT2D eigenvalue weighted by molar-refractivity contribution is 5.44. The van der Waals surface area contributed by atoms with Gasteiger partial charge in [-0.2, -0.15) is 0 Å². The van der Waals surface area contributed by atoms with Crippen LogP contribution in [0, 0.1) is 6.92 Å². The van der Waals surface area contributed by atoms with E-state index in [9.17, 15) is 0 Å². The van der Waals surface area contributed by atoms with Crippen LogP contribution in [-0.4, -0.2) is 7.05 Å². The van der Waals surface area contributed by atoms with Crippen LogP contribution < -0.4 is 10.4 Å². The average Bonchev–Trinajstić information content (AvgIpc) is 2.40. The molecule has 0 saturated heterocycles. The van der Waals surface area contributed by atoms with E-state index >= 15 is 0 Å². The highest BCUT2D eigenvalue weighted by Gasteiger charge is 2.07. The Kier molecular flexibility index (Phi) is 4.00. The second-order valence-electron chi connectivity index (χ2n) is 4.66. The first kappa shape index (κ1) is 12.7. The van der Waals surface area contributed by atoms with E-state index in [2.05, 4.69) is 60.7 Å². The fraction of sp³-hybridized carbons (Fsp3) is 0.250. The van der Waals surface area contributed by atoms with Crippen LogP contribution in [0.25, 0.3) is 0 Å².